The number of phenolic OH excluding ortho intramolecular Hbond substituents is 1. The molecule has 4 nitrogen and oxygen atoms in total. The molecule has 0 aliphatic carbocycles. The largest absolute Gasteiger partial charge is 0.507 e. The first-order valence-corrected chi connectivity index (χ1v) is 6.02. The van der Waals surface area contributed by atoms with Gasteiger partial charge in [0.25, 0.3) is 5.91 Å². The molecular formula is C12H16BrNO3. The summed E-state index contributed by atoms with van der Waals surface area (Å²) in [5, 5.41) is 21.3. The molecule has 0 heterocycles. The Hall–Kier alpha value is -1.07. The molecule has 0 saturated carbocycles. The fourth-order valence-corrected chi connectivity index (χ4v) is 1.52. The van der Waals surface area contributed by atoms with E-state index in [1.165, 1.54) is 6.07 Å². The van der Waals surface area contributed by atoms with Crippen LogP contribution in [0.25, 0.3) is 0 Å². The van der Waals surface area contributed by atoms with Gasteiger partial charge in [-0.25, -0.2) is 0 Å². The van der Waals surface area contributed by atoms with E-state index in [0.717, 1.165) is 0 Å². The maximum Gasteiger partial charge on any atom is 0.255 e. The summed E-state index contributed by atoms with van der Waals surface area (Å²) in [5.41, 5.74) is -0.150. The minimum absolute atomic E-state index is 0.0143. The molecule has 1 rings (SSSR count). The summed E-state index contributed by atoms with van der Waals surface area (Å²) in [6.45, 7) is 4.01. The number of halogens is 1. The van der Waals surface area contributed by atoms with Gasteiger partial charge in [-0.15, -0.1) is 0 Å². The molecule has 1 aromatic carbocycles. The van der Waals surface area contributed by atoms with Gasteiger partial charge in [0, 0.05) is 23.0 Å². The number of carbonyl (C=O) groups excluding carboxylic acids is 1. The predicted octanol–water partition coefficient (Wildman–Crippen LogP) is 1.90. The molecule has 0 fully saturated rings. The third kappa shape index (κ3) is 4.02. The number of hydrogen-bond acceptors (Lipinski definition) is 3. The van der Waals surface area contributed by atoms with E-state index in [1.807, 2.05) is 13.8 Å². The minimum Gasteiger partial charge on any atom is -0.507 e. The lowest BCUT2D eigenvalue weighted by molar-refractivity contribution is 0.0908. The van der Waals surface area contributed by atoms with Crippen LogP contribution < -0.4 is 5.32 Å². The average molecular weight is 302 g/mol. The number of rotatable bonds is 4. The monoisotopic (exact) mass is 301 g/mol. The molecular weight excluding hydrogens is 286 g/mol. The first-order chi connectivity index (χ1) is 7.85. The summed E-state index contributed by atoms with van der Waals surface area (Å²) in [5.74, 6) is -0.421. The van der Waals surface area contributed by atoms with Crippen LogP contribution in [0.1, 0.15) is 24.2 Å². The zero-order valence-corrected chi connectivity index (χ0v) is 11.4. The summed E-state index contributed by atoms with van der Waals surface area (Å²) in [6, 6.07) is 4.69. The highest BCUT2D eigenvalue weighted by molar-refractivity contribution is 9.10. The summed E-state index contributed by atoms with van der Waals surface area (Å²) in [6.07, 6.45) is 0. The highest BCUT2D eigenvalue weighted by Gasteiger charge is 2.19. The molecule has 94 valence electrons. The van der Waals surface area contributed by atoms with Gasteiger partial charge in [-0.1, -0.05) is 29.8 Å². The molecule has 0 aliphatic heterocycles. The van der Waals surface area contributed by atoms with Crippen molar-refractivity contribution in [2.45, 2.75) is 13.8 Å². The second-order valence-corrected chi connectivity index (χ2v) is 5.58. The van der Waals surface area contributed by atoms with Crippen LogP contribution in [0.15, 0.2) is 22.7 Å². The average Bonchev–Trinajstić information content (AvgIpc) is 2.26. The van der Waals surface area contributed by atoms with Crippen molar-refractivity contribution in [1.29, 1.82) is 0 Å². The van der Waals surface area contributed by atoms with Gasteiger partial charge in [0.15, 0.2) is 0 Å². The van der Waals surface area contributed by atoms with Gasteiger partial charge in [-0.2, -0.15) is 0 Å². The Morgan fingerprint density at radius 1 is 1.47 bits per heavy atom. The van der Waals surface area contributed by atoms with Crippen molar-refractivity contribution in [2.24, 2.45) is 5.41 Å². The van der Waals surface area contributed by atoms with Crippen molar-refractivity contribution in [3.05, 3.63) is 28.2 Å². The van der Waals surface area contributed by atoms with E-state index in [9.17, 15) is 9.90 Å². The Bertz CT molecular complexity index is 418. The van der Waals surface area contributed by atoms with E-state index in [0.29, 0.717) is 11.0 Å². The zero-order valence-electron chi connectivity index (χ0n) is 9.83. The summed E-state index contributed by atoms with van der Waals surface area (Å²) >= 11 is 3.20. The number of nitrogens with one attached hydrogen (secondary N) is 1. The highest BCUT2D eigenvalue weighted by Crippen LogP contribution is 2.22. The third-order valence-corrected chi connectivity index (χ3v) is 2.85. The molecule has 0 radical (unpaired) electrons. The van der Waals surface area contributed by atoms with Gasteiger partial charge < -0.3 is 15.5 Å². The molecule has 0 aliphatic rings. The minimum atomic E-state index is -0.374. The molecule has 0 saturated heterocycles. The molecule has 0 aromatic heterocycles. The number of aliphatic hydroxyl groups excluding tert-OH is 1. The Morgan fingerprint density at radius 3 is 2.65 bits per heavy atom. The lowest BCUT2D eigenvalue weighted by atomic mass is 9.95. The van der Waals surface area contributed by atoms with Gasteiger partial charge >= 0.3 is 0 Å². The van der Waals surface area contributed by atoms with E-state index in [2.05, 4.69) is 21.2 Å². The SMILES string of the molecule is CC(C)(CO)CNC(=O)c1ccc(Br)cc1O. The van der Waals surface area contributed by atoms with Crippen molar-refractivity contribution in [1.82, 2.24) is 5.32 Å². The van der Waals surface area contributed by atoms with E-state index in [1.54, 1.807) is 12.1 Å². The number of carbonyl (C=O) groups is 1. The highest BCUT2D eigenvalue weighted by atomic mass is 79.9. The van der Waals surface area contributed by atoms with Crippen molar-refractivity contribution in [2.75, 3.05) is 13.2 Å². The lowest BCUT2D eigenvalue weighted by Gasteiger charge is -2.21. The van der Waals surface area contributed by atoms with Crippen LogP contribution in [-0.2, 0) is 0 Å². The first kappa shape index (κ1) is 14.0. The van der Waals surface area contributed by atoms with Crippen LogP contribution in [0.3, 0.4) is 0 Å². The molecule has 1 aromatic rings. The maximum atomic E-state index is 11.8. The normalized spacial score (nSPS) is 11.3. The first-order valence-electron chi connectivity index (χ1n) is 5.23. The number of aliphatic hydroxyl groups is 1. The second kappa shape index (κ2) is 5.51. The van der Waals surface area contributed by atoms with Gasteiger partial charge in [0.1, 0.15) is 5.75 Å². The second-order valence-electron chi connectivity index (χ2n) is 4.67. The number of hydrogen-bond donors (Lipinski definition) is 3. The quantitative estimate of drug-likeness (QED) is 0.795. The molecule has 0 bridgehead atoms. The van der Waals surface area contributed by atoms with Crippen molar-refractivity contribution in [3.8, 4) is 5.75 Å². The van der Waals surface area contributed by atoms with Gasteiger partial charge in [0.2, 0.25) is 0 Å². The van der Waals surface area contributed by atoms with Crippen molar-refractivity contribution < 1.29 is 15.0 Å². The third-order valence-electron chi connectivity index (χ3n) is 2.36. The van der Waals surface area contributed by atoms with Crippen molar-refractivity contribution >= 4 is 21.8 Å². The van der Waals surface area contributed by atoms with E-state index in [-0.39, 0.29) is 29.2 Å². The van der Waals surface area contributed by atoms with Crippen LogP contribution in [-0.4, -0.2) is 29.3 Å². The molecule has 5 heteroatoms. The van der Waals surface area contributed by atoms with Crippen molar-refractivity contribution in [3.63, 3.8) is 0 Å². The Kier molecular flexibility index (Phi) is 4.54. The Balaban J connectivity index is 2.71. The smallest absolute Gasteiger partial charge is 0.255 e. The predicted molar refractivity (Wildman–Crippen MR) is 69.0 cm³/mol. The van der Waals surface area contributed by atoms with E-state index < -0.39 is 0 Å². The summed E-state index contributed by atoms with van der Waals surface area (Å²) in [4.78, 5) is 11.8. The lowest BCUT2D eigenvalue weighted by Crippen LogP contribution is -2.36. The van der Waals surface area contributed by atoms with Gasteiger partial charge in [-0.05, 0) is 18.2 Å². The number of aromatic hydroxyl groups is 1. The van der Waals surface area contributed by atoms with Crippen LogP contribution >= 0.6 is 15.9 Å². The van der Waals surface area contributed by atoms with Crippen LogP contribution in [0, 0.1) is 5.41 Å². The van der Waals surface area contributed by atoms with E-state index >= 15 is 0 Å². The van der Waals surface area contributed by atoms with Gasteiger partial charge in [-0.3, -0.25) is 4.79 Å². The molecule has 0 atom stereocenters. The van der Waals surface area contributed by atoms with Crippen LogP contribution in [0.4, 0.5) is 0 Å². The number of phenols is 1. The topological polar surface area (TPSA) is 69.6 Å². The standard InChI is InChI=1S/C12H16BrNO3/c1-12(2,7-15)6-14-11(17)9-4-3-8(13)5-10(9)16/h3-5,15-16H,6-7H2,1-2H3,(H,14,17). The Morgan fingerprint density at radius 2 is 2.12 bits per heavy atom. The number of benzene rings is 1. The van der Waals surface area contributed by atoms with Crippen LogP contribution in [0.2, 0.25) is 0 Å². The summed E-state index contributed by atoms with van der Waals surface area (Å²) < 4.78 is 0.710. The molecule has 1 amide bonds. The van der Waals surface area contributed by atoms with E-state index in [4.69, 9.17) is 5.11 Å². The molecule has 3 N–H and O–H groups in total. The molecule has 17 heavy (non-hydrogen) atoms. The molecule has 0 unspecified atom stereocenters. The van der Waals surface area contributed by atoms with Crippen LogP contribution in [0.5, 0.6) is 5.75 Å². The zero-order chi connectivity index (χ0) is 13.1. The maximum absolute atomic E-state index is 11.8. The fraction of sp³-hybridized carbons (Fsp3) is 0.417. The number of amides is 1. The Labute approximate surface area is 109 Å². The fourth-order valence-electron chi connectivity index (χ4n) is 1.17. The molecule has 0 spiro atoms. The summed E-state index contributed by atoms with van der Waals surface area (Å²) in [7, 11) is 0. The van der Waals surface area contributed by atoms with Gasteiger partial charge in [0.05, 0.1) is 5.56 Å².